The number of hydrogen-bond donors (Lipinski definition) is 2. The van der Waals surface area contributed by atoms with Crippen LogP contribution in [0.2, 0.25) is 0 Å². The monoisotopic (exact) mass is 242 g/mol. The quantitative estimate of drug-likeness (QED) is 0.766. The number of rotatable bonds is 5. The zero-order valence-corrected chi connectivity index (χ0v) is 11.3. The van der Waals surface area contributed by atoms with E-state index in [9.17, 15) is 4.79 Å². The molecule has 0 heterocycles. The Balaban J connectivity index is 2.50. The molecule has 0 spiro atoms. The van der Waals surface area contributed by atoms with Gasteiger partial charge in [0.15, 0.2) is 0 Å². The van der Waals surface area contributed by atoms with Crippen LogP contribution in [0.15, 0.2) is 0 Å². The normalized spacial score (nSPS) is 28.5. The summed E-state index contributed by atoms with van der Waals surface area (Å²) in [6.45, 7) is 4.53. The molecule has 0 bridgehead atoms. The van der Waals surface area contributed by atoms with E-state index in [1.807, 2.05) is 13.8 Å². The molecule has 1 fully saturated rings. The lowest BCUT2D eigenvalue weighted by molar-refractivity contribution is -0.142. The second-order valence-electron chi connectivity index (χ2n) is 5.23. The van der Waals surface area contributed by atoms with E-state index >= 15 is 0 Å². The average Bonchev–Trinajstić information content (AvgIpc) is 2.37. The van der Waals surface area contributed by atoms with Crippen molar-refractivity contribution in [3.8, 4) is 0 Å². The first-order valence-electron chi connectivity index (χ1n) is 6.62. The molecule has 0 aromatic rings. The summed E-state index contributed by atoms with van der Waals surface area (Å²) >= 11 is 0. The van der Waals surface area contributed by atoms with Gasteiger partial charge in [-0.2, -0.15) is 0 Å². The first-order chi connectivity index (χ1) is 8.05. The molecule has 1 aliphatic carbocycles. The van der Waals surface area contributed by atoms with Gasteiger partial charge in [0.1, 0.15) is 5.60 Å². The SMILES string of the molecule is CCC(C)(OC)C(=O)NC1CCCC(CN)C1. The van der Waals surface area contributed by atoms with Crippen LogP contribution in [0.4, 0.5) is 0 Å². The van der Waals surface area contributed by atoms with Gasteiger partial charge in [-0.15, -0.1) is 0 Å². The standard InChI is InChI=1S/C13H26N2O2/c1-4-13(2,17-3)12(16)15-11-7-5-6-10(8-11)9-14/h10-11H,4-9,14H2,1-3H3,(H,15,16). The Morgan fingerprint density at radius 2 is 2.24 bits per heavy atom. The molecule has 3 unspecified atom stereocenters. The van der Waals surface area contributed by atoms with E-state index in [4.69, 9.17) is 10.5 Å². The highest BCUT2D eigenvalue weighted by Crippen LogP contribution is 2.24. The maximum atomic E-state index is 12.1. The van der Waals surface area contributed by atoms with Crippen LogP contribution in [0.1, 0.15) is 46.0 Å². The number of methoxy groups -OCH3 is 1. The Morgan fingerprint density at radius 3 is 2.76 bits per heavy atom. The molecule has 0 aliphatic heterocycles. The molecule has 1 amide bonds. The predicted molar refractivity (Wildman–Crippen MR) is 68.6 cm³/mol. The van der Waals surface area contributed by atoms with Crippen molar-refractivity contribution < 1.29 is 9.53 Å². The van der Waals surface area contributed by atoms with Gasteiger partial charge in [-0.1, -0.05) is 13.3 Å². The first-order valence-corrected chi connectivity index (χ1v) is 6.62. The predicted octanol–water partition coefficient (Wildman–Crippen LogP) is 1.44. The van der Waals surface area contributed by atoms with Crippen LogP contribution in [-0.4, -0.2) is 31.2 Å². The molecule has 0 radical (unpaired) electrons. The summed E-state index contributed by atoms with van der Waals surface area (Å²) in [5.74, 6) is 0.564. The number of carbonyl (C=O) groups is 1. The van der Waals surface area contributed by atoms with Crippen molar-refractivity contribution in [3.63, 3.8) is 0 Å². The minimum absolute atomic E-state index is 0.00479. The molecule has 4 nitrogen and oxygen atoms in total. The zero-order chi connectivity index (χ0) is 12.9. The van der Waals surface area contributed by atoms with E-state index in [-0.39, 0.29) is 11.9 Å². The Kier molecular flexibility index (Phi) is 5.40. The Bertz CT molecular complexity index is 252. The number of nitrogens with two attached hydrogens (primary N) is 1. The molecule has 0 aromatic carbocycles. The third-order valence-corrected chi connectivity index (χ3v) is 4.06. The lowest BCUT2D eigenvalue weighted by atomic mass is 9.85. The summed E-state index contributed by atoms with van der Waals surface area (Å²) in [6, 6.07) is 0.269. The van der Waals surface area contributed by atoms with Crippen molar-refractivity contribution in [2.24, 2.45) is 11.7 Å². The highest BCUT2D eigenvalue weighted by Gasteiger charge is 2.33. The van der Waals surface area contributed by atoms with Crippen molar-refractivity contribution in [3.05, 3.63) is 0 Å². The van der Waals surface area contributed by atoms with E-state index < -0.39 is 5.60 Å². The van der Waals surface area contributed by atoms with Gasteiger partial charge in [0.2, 0.25) is 0 Å². The molecule has 1 rings (SSSR count). The van der Waals surface area contributed by atoms with Gasteiger partial charge in [-0.25, -0.2) is 0 Å². The topological polar surface area (TPSA) is 64.3 Å². The molecule has 4 heteroatoms. The second-order valence-corrected chi connectivity index (χ2v) is 5.23. The number of amides is 1. The number of nitrogens with one attached hydrogen (secondary N) is 1. The van der Waals surface area contributed by atoms with Gasteiger partial charge in [-0.3, -0.25) is 4.79 Å². The average molecular weight is 242 g/mol. The van der Waals surface area contributed by atoms with E-state index in [1.165, 1.54) is 6.42 Å². The largest absolute Gasteiger partial charge is 0.369 e. The highest BCUT2D eigenvalue weighted by molar-refractivity contribution is 5.84. The summed E-state index contributed by atoms with van der Waals surface area (Å²) < 4.78 is 5.31. The Labute approximate surface area is 104 Å². The van der Waals surface area contributed by atoms with Crippen molar-refractivity contribution in [1.82, 2.24) is 5.32 Å². The number of carbonyl (C=O) groups excluding carboxylic acids is 1. The zero-order valence-electron chi connectivity index (χ0n) is 11.3. The van der Waals surface area contributed by atoms with Gasteiger partial charge in [0, 0.05) is 13.2 Å². The molecule has 0 aromatic heterocycles. The maximum Gasteiger partial charge on any atom is 0.252 e. The fourth-order valence-electron chi connectivity index (χ4n) is 2.37. The van der Waals surface area contributed by atoms with Crippen molar-refractivity contribution in [2.45, 2.75) is 57.6 Å². The van der Waals surface area contributed by atoms with Crippen molar-refractivity contribution in [1.29, 1.82) is 0 Å². The molecule has 17 heavy (non-hydrogen) atoms. The van der Waals surface area contributed by atoms with Crippen LogP contribution >= 0.6 is 0 Å². The second kappa shape index (κ2) is 6.36. The smallest absolute Gasteiger partial charge is 0.252 e. The minimum atomic E-state index is -0.699. The van der Waals surface area contributed by atoms with Crippen molar-refractivity contribution in [2.75, 3.05) is 13.7 Å². The third kappa shape index (κ3) is 3.68. The lowest BCUT2D eigenvalue weighted by Crippen LogP contribution is -2.50. The fraction of sp³-hybridized carbons (Fsp3) is 0.923. The van der Waals surface area contributed by atoms with Crippen LogP contribution in [0, 0.1) is 5.92 Å². The van der Waals surface area contributed by atoms with Crippen LogP contribution < -0.4 is 11.1 Å². The summed E-state index contributed by atoms with van der Waals surface area (Å²) in [4.78, 5) is 12.1. The minimum Gasteiger partial charge on any atom is -0.369 e. The molecule has 1 aliphatic rings. The first kappa shape index (κ1) is 14.5. The third-order valence-electron chi connectivity index (χ3n) is 4.06. The van der Waals surface area contributed by atoms with Gasteiger partial charge in [0.25, 0.3) is 5.91 Å². The van der Waals surface area contributed by atoms with E-state index in [0.717, 1.165) is 25.8 Å². The Morgan fingerprint density at radius 1 is 1.53 bits per heavy atom. The van der Waals surface area contributed by atoms with Gasteiger partial charge < -0.3 is 15.8 Å². The molecule has 3 N–H and O–H groups in total. The summed E-state index contributed by atoms with van der Waals surface area (Å²) in [5.41, 5.74) is 5.00. The van der Waals surface area contributed by atoms with Gasteiger partial charge in [0.05, 0.1) is 0 Å². The molecular formula is C13H26N2O2. The fourth-order valence-corrected chi connectivity index (χ4v) is 2.37. The molecule has 100 valence electrons. The van der Waals surface area contributed by atoms with E-state index in [2.05, 4.69) is 5.32 Å². The number of ether oxygens (including phenoxy) is 1. The van der Waals surface area contributed by atoms with E-state index in [1.54, 1.807) is 7.11 Å². The van der Waals surface area contributed by atoms with Gasteiger partial charge in [-0.05, 0) is 45.1 Å². The molecule has 1 saturated carbocycles. The van der Waals surface area contributed by atoms with Crippen LogP contribution in [0.25, 0.3) is 0 Å². The molecule has 0 saturated heterocycles. The summed E-state index contributed by atoms with van der Waals surface area (Å²) in [7, 11) is 1.59. The summed E-state index contributed by atoms with van der Waals surface area (Å²) in [6.07, 6.45) is 5.10. The lowest BCUT2D eigenvalue weighted by Gasteiger charge is -2.32. The molecule has 3 atom stereocenters. The Hall–Kier alpha value is -0.610. The van der Waals surface area contributed by atoms with Crippen molar-refractivity contribution >= 4 is 5.91 Å². The molecular weight excluding hydrogens is 216 g/mol. The maximum absolute atomic E-state index is 12.1. The number of hydrogen-bond acceptors (Lipinski definition) is 3. The van der Waals surface area contributed by atoms with Crippen LogP contribution in [-0.2, 0) is 9.53 Å². The van der Waals surface area contributed by atoms with Gasteiger partial charge >= 0.3 is 0 Å². The highest BCUT2D eigenvalue weighted by atomic mass is 16.5. The van der Waals surface area contributed by atoms with Crippen LogP contribution in [0.3, 0.4) is 0 Å². The summed E-state index contributed by atoms with van der Waals surface area (Å²) in [5, 5.41) is 3.11. The van der Waals surface area contributed by atoms with E-state index in [0.29, 0.717) is 12.3 Å². The van der Waals surface area contributed by atoms with Crippen LogP contribution in [0.5, 0.6) is 0 Å².